The average Bonchev–Trinajstić information content (AvgIpc) is 3.17. The Morgan fingerprint density at radius 2 is 2.10 bits per heavy atom. The van der Waals surface area contributed by atoms with Gasteiger partial charge in [-0.25, -0.2) is 14.5 Å². The number of likely N-dealkylation sites (tertiary alicyclic amines) is 1. The number of rotatable bonds is 4. The summed E-state index contributed by atoms with van der Waals surface area (Å²) in [6, 6.07) is 6.97. The largest absolute Gasteiger partial charge is 0.382 e. The number of aromatic nitrogens is 4. The molecule has 3 aromatic heterocycles. The molecular formula is C20H20BrN7O2. The summed E-state index contributed by atoms with van der Waals surface area (Å²) in [6.07, 6.45) is 3.14. The number of fused-ring (bicyclic) bond motifs is 2. The first-order chi connectivity index (χ1) is 14.4. The van der Waals surface area contributed by atoms with Crippen LogP contribution in [0.5, 0.6) is 0 Å². The zero-order valence-electron chi connectivity index (χ0n) is 16.2. The van der Waals surface area contributed by atoms with E-state index in [0.29, 0.717) is 34.1 Å². The molecule has 0 spiro atoms. The maximum atomic E-state index is 13.2. The molecule has 1 aliphatic heterocycles. The molecule has 154 valence electrons. The third kappa shape index (κ3) is 3.20. The van der Waals surface area contributed by atoms with E-state index < -0.39 is 6.04 Å². The first-order valence-corrected chi connectivity index (χ1v) is 10.5. The number of hydrogen-bond acceptors (Lipinski definition) is 6. The van der Waals surface area contributed by atoms with Gasteiger partial charge in [0.2, 0.25) is 11.8 Å². The van der Waals surface area contributed by atoms with Gasteiger partial charge in [0.05, 0.1) is 12.1 Å². The third-order valence-corrected chi connectivity index (χ3v) is 6.33. The van der Waals surface area contributed by atoms with Crippen LogP contribution in [-0.2, 0) is 16.0 Å². The van der Waals surface area contributed by atoms with Crippen LogP contribution in [0.15, 0.2) is 35.2 Å². The van der Waals surface area contributed by atoms with Crippen LogP contribution >= 0.6 is 15.9 Å². The standard InChI is InChI=1S/C20H20BrN7O2/c1-10-2-5-16(21)25-19(10)26-20(30)15-7-11-6-14(11)27(15)17(29)8-12-3-4-13-18(22)23-9-24-28(12)13/h2-5,9,11,14-15H,6-8H2,1H3,(H2,22,23,24)(H,25,26,30)/t11-,14-,15+/m1/s1. The summed E-state index contributed by atoms with van der Waals surface area (Å²) in [5.41, 5.74) is 8.13. The minimum absolute atomic E-state index is 0.0868. The Hall–Kier alpha value is -3.01. The Balaban J connectivity index is 1.36. The average molecular weight is 470 g/mol. The number of aryl methyl sites for hydroxylation is 1. The predicted octanol–water partition coefficient (Wildman–Crippen LogP) is 1.95. The molecule has 1 aliphatic carbocycles. The van der Waals surface area contributed by atoms with Gasteiger partial charge in [0.15, 0.2) is 5.82 Å². The Kier molecular flexibility index (Phi) is 4.46. The monoisotopic (exact) mass is 469 g/mol. The minimum atomic E-state index is -0.493. The maximum Gasteiger partial charge on any atom is 0.248 e. The zero-order chi connectivity index (χ0) is 21.0. The van der Waals surface area contributed by atoms with Gasteiger partial charge in [-0.2, -0.15) is 5.10 Å². The highest BCUT2D eigenvalue weighted by molar-refractivity contribution is 9.10. The maximum absolute atomic E-state index is 13.2. The molecule has 0 aromatic carbocycles. The number of halogens is 1. The molecule has 3 aromatic rings. The van der Waals surface area contributed by atoms with Gasteiger partial charge in [-0.1, -0.05) is 6.07 Å². The van der Waals surface area contributed by atoms with Crippen LogP contribution in [0.25, 0.3) is 5.52 Å². The highest BCUT2D eigenvalue weighted by atomic mass is 79.9. The molecule has 0 radical (unpaired) electrons. The summed E-state index contributed by atoms with van der Waals surface area (Å²) < 4.78 is 2.27. The second-order valence-electron chi connectivity index (χ2n) is 7.85. The van der Waals surface area contributed by atoms with Crippen LogP contribution < -0.4 is 11.1 Å². The van der Waals surface area contributed by atoms with E-state index in [4.69, 9.17) is 5.73 Å². The molecule has 2 fully saturated rings. The lowest BCUT2D eigenvalue weighted by atomic mass is 10.1. The first kappa shape index (κ1) is 19.0. The van der Waals surface area contributed by atoms with E-state index in [1.807, 2.05) is 25.1 Å². The number of pyridine rings is 1. The number of nitrogen functional groups attached to an aromatic ring is 1. The van der Waals surface area contributed by atoms with Gasteiger partial charge >= 0.3 is 0 Å². The molecule has 30 heavy (non-hydrogen) atoms. The Morgan fingerprint density at radius 3 is 2.93 bits per heavy atom. The van der Waals surface area contributed by atoms with Crippen molar-refractivity contribution in [2.24, 2.45) is 5.92 Å². The molecular weight excluding hydrogens is 450 g/mol. The minimum Gasteiger partial charge on any atom is -0.382 e. The van der Waals surface area contributed by atoms with Gasteiger partial charge in [0.25, 0.3) is 0 Å². The van der Waals surface area contributed by atoms with Crippen molar-refractivity contribution >= 4 is 44.9 Å². The van der Waals surface area contributed by atoms with Crippen molar-refractivity contribution in [1.29, 1.82) is 0 Å². The van der Waals surface area contributed by atoms with E-state index in [2.05, 4.69) is 36.3 Å². The predicted molar refractivity (Wildman–Crippen MR) is 114 cm³/mol. The van der Waals surface area contributed by atoms with Crippen molar-refractivity contribution in [2.75, 3.05) is 11.1 Å². The van der Waals surface area contributed by atoms with Crippen LogP contribution in [0.3, 0.4) is 0 Å². The van der Waals surface area contributed by atoms with E-state index in [9.17, 15) is 9.59 Å². The van der Waals surface area contributed by atoms with Crippen molar-refractivity contribution in [3.8, 4) is 0 Å². The van der Waals surface area contributed by atoms with Crippen LogP contribution in [0.1, 0.15) is 24.1 Å². The van der Waals surface area contributed by atoms with E-state index in [1.165, 1.54) is 6.33 Å². The lowest BCUT2D eigenvalue weighted by Crippen LogP contribution is -2.46. The number of amides is 2. The summed E-state index contributed by atoms with van der Waals surface area (Å²) in [5, 5.41) is 7.10. The van der Waals surface area contributed by atoms with Gasteiger partial charge < -0.3 is 16.0 Å². The molecule has 3 atom stereocenters. The van der Waals surface area contributed by atoms with Crippen LogP contribution in [0, 0.1) is 12.8 Å². The van der Waals surface area contributed by atoms with Crippen LogP contribution in [0.2, 0.25) is 0 Å². The highest BCUT2D eigenvalue weighted by Gasteiger charge is 2.56. The topological polar surface area (TPSA) is 119 Å². The van der Waals surface area contributed by atoms with Gasteiger partial charge in [-0.15, -0.1) is 0 Å². The molecule has 1 saturated heterocycles. The number of anilines is 2. The van der Waals surface area contributed by atoms with Gasteiger partial charge in [0.1, 0.15) is 28.3 Å². The lowest BCUT2D eigenvalue weighted by Gasteiger charge is -2.27. The first-order valence-electron chi connectivity index (χ1n) is 9.74. The lowest BCUT2D eigenvalue weighted by molar-refractivity contribution is -0.137. The number of piperidine rings is 1. The Labute approximate surface area is 180 Å². The Morgan fingerprint density at radius 1 is 1.27 bits per heavy atom. The van der Waals surface area contributed by atoms with Crippen molar-refractivity contribution in [3.63, 3.8) is 0 Å². The van der Waals surface area contributed by atoms with E-state index >= 15 is 0 Å². The van der Waals surface area contributed by atoms with E-state index in [1.54, 1.807) is 15.5 Å². The number of carbonyl (C=O) groups is 2. The number of hydrogen-bond donors (Lipinski definition) is 2. The van der Waals surface area contributed by atoms with Crippen molar-refractivity contribution in [1.82, 2.24) is 24.5 Å². The second-order valence-corrected chi connectivity index (χ2v) is 8.66. The molecule has 1 saturated carbocycles. The molecule has 0 bridgehead atoms. The van der Waals surface area contributed by atoms with Gasteiger partial charge in [-0.3, -0.25) is 9.59 Å². The number of nitrogens with zero attached hydrogens (tertiary/aromatic N) is 5. The van der Waals surface area contributed by atoms with Crippen molar-refractivity contribution < 1.29 is 9.59 Å². The Bertz CT molecular complexity index is 1180. The molecule has 3 N–H and O–H groups in total. The molecule has 0 unspecified atom stereocenters. The number of nitrogens with two attached hydrogens (primary N) is 1. The summed E-state index contributed by atoms with van der Waals surface area (Å²) in [6.45, 7) is 1.88. The molecule has 9 nitrogen and oxygen atoms in total. The summed E-state index contributed by atoms with van der Waals surface area (Å²) in [5.74, 6) is 0.976. The molecule has 5 rings (SSSR count). The fourth-order valence-corrected chi connectivity index (χ4v) is 4.58. The smallest absolute Gasteiger partial charge is 0.248 e. The quantitative estimate of drug-likeness (QED) is 0.563. The molecule has 2 aliphatic rings. The van der Waals surface area contributed by atoms with Gasteiger partial charge in [0, 0.05) is 6.04 Å². The van der Waals surface area contributed by atoms with Crippen LogP contribution in [0.4, 0.5) is 11.6 Å². The van der Waals surface area contributed by atoms with Gasteiger partial charge in [-0.05, 0) is 65.4 Å². The van der Waals surface area contributed by atoms with Crippen molar-refractivity contribution in [2.45, 2.75) is 38.3 Å². The second kappa shape index (κ2) is 7.05. The third-order valence-electron chi connectivity index (χ3n) is 5.89. The van der Waals surface area contributed by atoms with Crippen molar-refractivity contribution in [3.05, 3.63) is 46.5 Å². The summed E-state index contributed by atoms with van der Waals surface area (Å²) >= 11 is 3.33. The van der Waals surface area contributed by atoms with E-state index in [-0.39, 0.29) is 24.3 Å². The van der Waals surface area contributed by atoms with Crippen LogP contribution in [-0.4, -0.2) is 48.4 Å². The number of carbonyl (C=O) groups excluding carboxylic acids is 2. The summed E-state index contributed by atoms with van der Waals surface area (Å²) in [7, 11) is 0. The number of nitrogens with one attached hydrogen (secondary N) is 1. The highest BCUT2D eigenvalue weighted by Crippen LogP contribution is 2.48. The summed E-state index contributed by atoms with van der Waals surface area (Å²) in [4.78, 5) is 36.3. The normalized spacial score (nSPS) is 22.2. The fraction of sp³-hybridized carbons (Fsp3) is 0.350. The zero-order valence-corrected chi connectivity index (χ0v) is 17.8. The molecule has 2 amide bonds. The van der Waals surface area contributed by atoms with E-state index in [0.717, 1.165) is 17.7 Å². The molecule has 4 heterocycles. The SMILES string of the molecule is Cc1ccc(Br)nc1NC(=O)[C@@H]1C[C@H]2C[C@H]2N1C(=O)Cc1ccc2c(N)ncnn12. The fourth-order valence-electron chi connectivity index (χ4n) is 4.27. The molecule has 10 heteroatoms.